The van der Waals surface area contributed by atoms with E-state index in [1.165, 1.54) is 0 Å². The molecule has 0 aliphatic heterocycles. The van der Waals surface area contributed by atoms with Crippen LogP contribution in [-0.2, 0) is 11.2 Å². The molecule has 1 heterocycles. The molecule has 0 bridgehead atoms. The molecule has 110 valence electrons. The highest BCUT2D eigenvalue weighted by atomic mass is 35.5. The number of benzene rings is 2. The largest absolute Gasteiger partial charge is 0.281 e. The van der Waals surface area contributed by atoms with E-state index in [1.54, 1.807) is 0 Å². The van der Waals surface area contributed by atoms with E-state index in [2.05, 4.69) is 5.10 Å². The molecular weight excluding hydrogens is 296 g/mol. The normalized spacial score (nSPS) is 10.6. The Morgan fingerprint density at radius 1 is 1.00 bits per heavy atom. The first-order valence-corrected chi connectivity index (χ1v) is 7.49. The van der Waals surface area contributed by atoms with Gasteiger partial charge in [0.2, 0.25) is 5.24 Å². The molecule has 1 aromatic heterocycles. The van der Waals surface area contributed by atoms with Crippen LogP contribution in [0.5, 0.6) is 0 Å². The summed E-state index contributed by atoms with van der Waals surface area (Å²) >= 11 is 5.48. The van der Waals surface area contributed by atoms with Crippen LogP contribution in [0.3, 0.4) is 0 Å². The van der Waals surface area contributed by atoms with Gasteiger partial charge in [0, 0.05) is 24.6 Å². The van der Waals surface area contributed by atoms with Crippen molar-refractivity contribution in [2.24, 2.45) is 0 Å². The van der Waals surface area contributed by atoms with Crippen molar-refractivity contribution < 1.29 is 4.79 Å². The maximum Gasteiger partial charge on any atom is 0.222 e. The Morgan fingerprint density at radius 2 is 1.64 bits per heavy atom. The number of aromatic nitrogens is 2. The third-order valence-electron chi connectivity index (χ3n) is 3.45. The number of halogens is 1. The van der Waals surface area contributed by atoms with Crippen molar-refractivity contribution in [2.75, 3.05) is 0 Å². The topological polar surface area (TPSA) is 34.9 Å². The van der Waals surface area contributed by atoms with E-state index in [1.807, 2.05) is 71.5 Å². The molecule has 0 radical (unpaired) electrons. The van der Waals surface area contributed by atoms with Crippen LogP contribution in [0.4, 0.5) is 0 Å². The molecule has 0 amide bonds. The number of aryl methyl sites for hydroxylation is 1. The van der Waals surface area contributed by atoms with Gasteiger partial charge in [-0.15, -0.1) is 0 Å². The summed E-state index contributed by atoms with van der Waals surface area (Å²) in [6.07, 6.45) is 2.82. The van der Waals surface area contributed by atoms with Gasteiger partial charge in [-0.3, -0.25) is 4.79 Å². The summed E-state index contributed by atoms with van der Waals surface area (Å²) in [5, 5.41) is 4.30. The molecule has 3 rings (SSSR count). The van der Waals surface area contributed by atoms with Crippen LogP contribution in [0.15, 0.2) is 66.9 Å². The number of carbonyl (C=O) groups excluding carboxylic acids is 1. The molecule has 0 saturated carbocycles. The lowest BCUT2D eigenvalue weighted by Crippen LogP contribution is -1.97. The lowest BCUT2D eigenvalue weighted by Gasteiger charge is -2.00. The summed E-state index contributed by atoms with van der Waals surface area (Å²) in [4.78, 5) is 11.1. The van der Waals surface area contributed by atoms with Gasteiger partial charge in [0.25, 0.3) is 0 Å². The summed E-state index contributed by atoms with van der Waals surface area (Å²) in [5.41, 5.74) is 3.98. The van der Waals surface area contributed by atoms with Crippen molar-refractivity contribution >= 4 is 16.8 Å². The molecule has 0 aliphatic carbocycles. The zero-order valence-corrected chi connectivity index (χ0v) is 12.7. The van der Waals surface area contributed by atoms with Gasteiger partial charge >= 0.3 is 0 Å². The lowest BCUT2D eigenvalue weighted by atomic mass is 10.0. The number of nitrogens with zero attached hydrogens (tertiary/aromatic N) is 2. The standard InChI is InChI=1S/C18H15ClN2O/c19-18(22)12-11-17-16(14-7-3-1-4-8-14)13-21(20-17)15-9-5-2-6-10-15/h1-10,13H,11-12H2. The van der Waals surface area contributed by atoms with Crippen molar-refractivity contribution in [1.29, 1.82) is 0 Å². The minimum atomic E-state index is -0.340. The molecule has 3 nitrogen and oxygen atoms in total. The Bertz CT molecular complexity index is 766. The Balaban J connectivity index is 2.03. The van der Waals surface area contributed by atoms with Gasteiger partial charge in [0.05, 0.1) is 11.4 Å². The fourth-order valence-electron chi connectivity index (χ4n) is 2.38. The Labute approximate surface area is 134 Å². The summed E-state index contributed by atoms with van der Waals surface area (Å²) in [7, 11) is 0. The van der Waals surface area contributed by atoms with Crippen LogP contribution in [0.1, 0.15) is 12.1 Å². The van der Waals surface area contributed by atoms with Gasteiger partial charge in [-0.05, 0) is 29.3 Å². The van der Waals surface area contributed by atoms with Crippen molar-refractivity contribution in [3.8, 4) is 16.8 Å². The second kappa shape index (κ2) is 6.58. The first-order valence-electron chi connectivity index (χ1n) is 7.12. The zero-order valence-electron chi connectivity index (χ0n) is 11.9. The minimum absolute atomic E-state index is 0.285. The second-order valence-electron chi connectivity index (χ2n) is 4.99. The molecule has 3 aromatic rings. The van der Waals surface area contributed by atoms with E-state index in [0.29, 0.717) is 6.42 Å². The molecular formula is C18H15ClN2O. The monoisotopic (exact) mass is 310 g/mol. The number of hydrogen-bond donors (Lipinski definition) is 0. The van der Waals surface area contributed by atoms with Gasteiger partial charge in [-0.2, -0.15) is 5.10 Å². The molecule has 2 aromatic carbocycles. The first kappa shape index (κ1) is 14.5. The average molecular weight is 311 g/mol. The quantitative estimate of drug-likeness (QED) is 0.661. The molecule has 0 saturated heterocycles. The van der Waals surface area contributed by atoms with E-state index in [0.717, 1.165) is 22.5 Å². The molecule has 0 N–H and O–H groups in total. The van der Waals surface area contributed by atoms with Gasteiger partial charge in [0.1, 0.15) is 0 Å². The van der Waals surface area contributed by atoms with Crippen molar-refractivity contribution in [3.05, 3.63) is 72.6 Å². The third kappa shape index (κ3) is 3.26. The van der Waals surface area contributed by atoms with E-state index < -0.39 is 0 Å². The smallest absolute Gasteiger partial charge is 0.222 e. The SMILES string of the molecule is O=C(Cl)CCc1nn(-c2ccccc2)cc1-c1ccccc1. The van der Waals surface area contributed by atoms with Crippen molar-refractivity contribution in [2.45, 2.75) is 12.8 Å². The maximum atomic E-state index is 11.1. The maximum absolute atomic E-state index is 11.1. The highest BCUT2D eigenvalue weighted by Crippen LogP contribution is 2.25. The number of para-hydroxylation sites is 1. The summed E-state index contributed by atoms with van der Waals surface area (Å²) < 4.78 is 1.84. The highest BCUT2D eigenvalue weighted by molar-refractivity contribution is 6.63. The fourth-order valence-corrected chi connectivity index (χ4v) is 2.48. The summed E-state index contributed by atoms with van der Waals surface area (Å²) in [6.45, 7) is 0. The third-order valence-corrected chi connectivity index (χ3v) is 3.64. The number of rotatable bonds is 5. The zero-order chi connectivity index (χ0) is 15.4. The minimum Gasteiger partial charge on any atom is -0.281 e. The van der Waals surface area contributed by atoms with Crippen LogP contribution in [0.25, 0.3) is 16.8 Å². The number of carbonyl (C=O) groups is 1. The Morgan fingerprint density at radius 3 is 2.27 bits per heavy atom. The van der Waals surface area contributed by atoms with Gasteiger partial charge in [-0.1, -0.05) is 48.5 Å². The van der Waals surface area contributed by atoms with Gasteiger partial charge < -0.3 is 0 Å². The highest BCUT2D eigenvalue weighted by Gasteiger charge is 2.12. The Hall–Kier alpha value is -2.39. The summed E-state index contributed by atoms with van der Waals surface area (Å²) in [6, 6.07) is 20.0. The molecule has 0 unspecified atom stereocenters. The van der Waals surface area contributed by atoms with E-state index in [4.69, 9.17) is 11.6 Å². The summed E-state index contributed by atoms with van der Waals surface area (Å²) in [5.74, 6) is 0. The first-order chi connectivity index (χ1) is 10.7. The molecule has 22 heavy (non-hydrogen) atoms. The van der Waals surface area contributed by atoms with Crippen LogP contribution in [0, 0.1) is 0 Å². The second-order valence-corrected chi connectivity index (χ2v) is 5.41. The fraction of sp³-hybridized carbons (Fsp3) is 0.111. The van der Waals surface area contributed by atoms with Crippen LogP contribution >= 0.6 is 11.6 Å². The van der Waals surface area contributed by atoms with Crippen molar-refractivity contribution in [3.63, 3.8) is 0 Å². The predicted octanol–water partition coefficient (Wildman–Crippen LogP) is 4.24. The van der Waals surface area contributed by atoms with Gasteiger partial charge in [0.15, 0.2) is 0 Å². The molecule has 4 heteroatoms. The molecule has 0 spiro atoms. The van der Waals surface area contributed by atoms with E-state index >= 15 is 0 Å². The predicted molar refractivity (Wildman–Crippen MR) is 88.2 cm³/mol. The Kier molecular flexibility index (Phi) is 4.35. The average Bonchev–Trinajstić information content (AvgIpc) is 2.99. The van der Waals surface area contributed by atoms with Crippen LogP contribution in [-0.4, -0.2) is 15.0 Å². The van der Waals surface area contributed by atoms with E-state index in [9.17, 15) is 4.79 Å². The van der Waals surface area contributed by atoms with Crippen LogP contribution < -0.4 is 0 Å². The number of hydrogen-bond acceptors (Lipinski definition) is 2. The van der Waals surface area contributed by atoms with Crippen LogP contribution in [0.2, 0.25) is 0 Å². The molecule has 0 aliphatic rings. The van der Waals surface area contributed by atoms with E-state index in [-0.39, 0.29) is 11.7 Å². The van der Waals surface area contributed by atoms with Gasteiger partial charge in [-0.25, -0.2) is 4.68 Å². The molecule has 0 fully saturated rings. The van der Waals surface area contributed by atoms with Crippen molar-refractivity contribution in [1.82, 2.24) is 9.78 Å². The lowest BCUT2D eigenvalue weighted by molar-refractivity contribution is -0.111. The molecule has 0 atom stereocenters.